The predicted octanol–water partition coefficient (Wildman–Crippen LogP) is 4.63. The molecule has 0 saturated heterocycles. The van der Waals surface area contributed by atoms with Crippen molar-refractivity contribution < 1.29 is 9.18 Å². The van der Waals surface area contributed by atoms with Gasteiger partial charge in [0.1, 0.15) is 11.6 Å². The molecule has 0 saturated carbocycles. The molecule has 0 aliphatic heterocycles. The first-order valence-electron chi connectivity index (χ1n) is 7.05. The second kappa shape index (κ2) is 7.03. The maximum Gasteiger partial charge on any atom is 0.259 e. The van der Waals surface area contributed by atoms with E-state index in [1.807, 2.05) is 12.1 Å². The molecule has 0 atom stereocenters. The smallest absolute Gasteiger partial charge is 0.259 e. The van der Waals surface area contributed by atoms with Crippen LogP contribution in [0.2, 0.25) is 10.0 Å². The predicted molar refractivity (Wildman–Crippen MR) is 92.1 cm³/mol. The van der Waals surface area contributed by atoms with Crippen molar-refractivity contribution in [3.8, 4) is 0 Å². The summed E-state index contributed by atoms with van der Waals surface area (Å²) in [5, 5.41) is 7.70. The lowest BCUT2D eigenvalue weighted by atomic mass is 10.2. The van der Waals surface area contributed by atoms with Crippen LogP contribution in [0.5, 0.6) is 0 Å². The summed E-state index contributed by atoms with van der Waals surface area (Å²) in [6.07, 6.45) is 1.56. The van der Waals surface area contributed by atoms with Gasteiger partial charge in [-0.1, -0.05) is 35.3 Å². The molecule has 0 unspecified atom stereocenters. The summed E-state index contributed by atoms with van der Waals surface area (Å²) >= 11 is 11.6. The van der Waals surface area contributed by atoms with Crippen molar-refractivity contribution in [2.45, 2.75) is 6.54 Å². The monoisotopic (exact) mass is 363 g/mol. The van der Waals surface area contributed by atoms with E-state index in [1.165, 1.54) is 12.1 Å². The number of benzene rings is 2. The lowest BCUT2D eigenvalue weighted by Gasteiger charge is -2.10. The fourth-order valence-electron chi connectivity index (χ4n) is 2.18. The molecule has 0 aliphatic rings. The van der Waals surface area contributed by atoms with Gasteiger partial charge < -0.3 is 5.32 Å². The van der Waals surface area contributed by atoms with Crippen LogP contribution >= 0.6 is 23.2 Å². The number of aromatic nitrogens is 2. The summed E-state index contributed by atoms with van der Waals surface area (Å²) in [5.74, 6) is -0.782. The second-order valence-electron chi connectivity index (χ2n) is 5.08. The van der Waals surface area contributed by atoms with Crippen molar-refractivity contribution in [3.63, 3.8) is 0 Å². The number of hydrogen-bond acceptors (Lipinski definition) is 2. The van der Waals surface area contributed by atoms with Crippen molar-refractivity contribution in [2.75, 3.05) is 5.32 Å². The van der Waals surface area contributed by atoms with Crippen molar-refractivity contribution in [1.82, 2.24) is 9.78 Å². The Morgan fingerprint density at radius 2 is 1.79 bits per heavy atom. The van der Waals surface area contributed by atoms with Gasteiger partial charge in [0.25, 0.3) is 5.91 Å². The SMILES string of the molecule is O=C(Nc1ccnn1Cc1ccc(Cl)cc1)c1ccc(Cl)cc1F. The summed E-state index contributed by atoms with van der Waals surface area (Å²) in [5.41, 5.74) is 0.884. The fourth-order valence-corrected chi connectivity index (χ4v) is 2.47. The molecule has 1 N–H and O–H groups in total. The van der Waals surface area contributed by atoms with Gasteiger partial charge in [-0.3, -0.25) is 4.79 Å². The number of rotatable bonds is 4. The first-order chi connectivity index (χ1) is 11.5. The number of nitrogens with one attached hydrogen (secondary N) is 1. The van der Waals surface area contributed by atoms with E-state index < -0.39 is 11.7 Å². The Kier molecular flexibility index (Phi) is 4.83. The van der Waals surface area contributed by atoms with Gasteiger partial charge in [-0.15, -0.1) is 0 Å². The molecule has 4 nitrogen and oxygen atoms in total. The maximum absolute atomic E-state index is 13.8. The van der Waals surface area contributed by atoms with E-state index in [0.717, 1.165) is 11.6 Å². The summed E-state index contributed by atoms with van der Waals surface area (Å²) in [7, 11) is 0. The van der Waals surface area contributed by atoms with Crippen molar-refractivity contribution in [2.24, 2.45) is 0 Å². The van der Waals surface area contributed by atoms with Gasteiger partial charge in [0.2, 0.25) is 0 Å². The van der Waals surface area contributed by atoms with Gasteiger partial charge in [0, 0.05) is 16.1 Å². The maximum atomic E-state index is 13.8. The third-order valence-corrected chi connectivity index (χ3v) is 3.87. The van der Waals surface area contributed by atoms with Crippen LogP contribution < -0.4 is 5.32 Å². The standard InChI is InChI=1S/C17H12Cl2FN3O/c18-12-3-1-11(2-4-12)10-23-16(7-8-21-23)22-17(24)14-6-5-13(19)9-15(14)20/h1-9H,10H2,(H,22,24). The summed E-state index contributed by atoms with van der Waals surface area (Å²) in [4.78, 5) is 12.2. The van der Waals surface area contributed by atoms with Gasteiger partial charge >= 0.3 is 0 Å². The first kappa shape index (κ1) is 16.5. The molecule has 0 bridgehead atoms. The van der Waals surface area contributed by atoms with Crippen molar-refractivity contribution in [1.29, 1.82) is 0 Å². The lowest BCUT2D eigenvalue weighted by Crippen LogP contribution is -2.17. The number of carbonyl (C=O) groups is 1. The molecule has 3 rings (SSSR count). The highest BCUT2D eigenvalue weighted by atomic mass is 35.5. The third kappa shape index (κ3) is 3.75. The molecular weight excluding hydrogens is 352 g/mol. The van der Waals surface area contributed by atoms with Crippen LogP contribution in [0, 0.1) is 5.82 Å². The second-order valence-corrected chi connectivity index (χ2v) is 5.95. The van der Waals surface area contributed by atoms with Crippen LogP contribution in [0.4, 0.5) is 10.2 Å². The summed E-state index contributed by atoms with van der Waals surface area (Å²) < 4.78 is 15.4. The minimum absolute atomic E-state index is 0.0846. The quantitative estimate of drug-likeness (QED) is 0.734. The Bertz CT molecular complexity index is 878. The molecule has 7 heteroatoms. The van der Waals surface area contributed by atoms with E-state index in [-0.39, 0.29) is 10.6 Å². The molecule has 0 fully saturated rings. The number of carbonyl (C=O) groups excluding carboxylic acids is 1. The van der Waals surface area contributed by atoms with E-state index >= 15 is 0 Å². The molecule has 0 spiro atoms. The fraction of sp³-hybridized carbons (Fsp3) is 0.0588. The normalized spacial score (nSPS) is 10.6. The van der Waals surface area contributed by atoms with Crippen LogP contribution in [-0.2, 0) is 6.54 Å². The van der Waals surface area contributed by atoms with Crippen molar-refractivity contribution >= 4 is 34.9 Å². The molecular formula is C17H12Cl2FN3O. The average molecular weight is 364 g/mol. The van der Waals surface area contributed by atoms with E-state index in [2.05, 4.69) is 10.4 Å². The van der Waals surface area contributed by atoms with Crippen LogP contribution in [0.15, 0.2) is 54.7 Å². The number of halogens is 3. The molecule has 0 aliphatic carbocycles. The number of amides is 1. The largest absolute Gasteiger partial charge is 0.307 e. The zero-order valence-corrected chi connectivity index (χ0v) is 13.9. The zero-order valence-electron chi connectivity index (χ0n) is 12.3. The Morgan fingerprint density at radius 1 is 1.08 bits per heavy atom. The summed E-state index contributed by atoms with van der Waals surface area (Å²) in [6.45, 7) is 0.447. The van der Waals surface area contributed by atoms with Crippen molar-refractivity contribution in [3.05, 3.63) is 81.7 Å². The van der Waals surface area contributed by atoms with Gasteiger partial charge in [0.05, 0.1) is 18.3 Å². The van der Waals surface area contributed by atoms with Gasteiger partial charge in [0.15, 0.2) is 0 Å². The van der Waals surface area contributed by atoms with E-state index in [0.29, 0.717) is 17.4 Å². The minimum atomic E-state index is -0.677. The molecule has 1 amide bonds. The van der Waals surface area contributed by atoms with Gasteiger partial charge in [-0.05, 0) is 35.9 Å². The van der Waals surface area contributed by atoms with Crippen LogP contribution in [0.25, 0.3) is 0 Å². The Morgan fingerprint density at radius 3 is 2.50 bits per heavy atom. The molecule has 2 aromatic carbocycles. The molecule has 1 aromatic heterocycles. The van der Waals surface area contributed by atoms with Gasteiger partial charge in [-0.2, -0.15) is 5.10 Å². The Labute approximate surface area is 147 Å². The Hall–Kier alpha value is -2.37. The molecule has 1 heterocycles. The zero-order chi connectivity index (χ0) is 17.1. The Balaban J connectivity index is 1.77. The third-order valence-electron chi connectivity index (χ3n) is 3.38. The first-order valence-corrected chi connectivity index (χ1v) is 7.81. The minimum Gasteiger partial charge on any atom is -0.307 e. The highest BCUT2D eigenvalue weighted by Gasteiger charge is 2.14. The molecule has 0 radical (unpaired) electrons. The summed E-state index contributed by atoms with van der Waals surface area (Å²) in [6, 6.07) is 12.8. The number of nitrogens with zero attached hydrogens (tertiary/aromatic N) is 2. The highest BCUT2D eigenvalue weighted by Crippen LogP contribution is 2.17. The molecule has 3 aromatic rings. The lowest BCUT2D eigenvalue weighted by molar-refractivity contribution is 0.102. The van der Waals surface area contributed by atoms with E-state index in [9.17, 15) is 9.18 Å². The molecule has 24 heavy (non-hydrogen) atoms. The number of anilines is 1. The average Bonchev–Trinajstić information content (AvgIpc) is 2.96. The highest BCUT2D eigenvalue weighted by molar-refractivity contribution is 6.31. The van der Waals surface area contributed by atoms with Crippen LogP contribution in [-0.4, -0.2) is 15.7 Å². The van der Waals surface area contributed by atoms with Gasteiger partial charge in [-0.25, -0.2) is 9.07 Å². The van der Waals surface area contributed by atoms with Crippen LogP contribution in [0.3, 0.4) is 0 Å². The van der Waals surface area contributed by atoms with Crippen LogP contribution in [0.1, 0.15) is 15.9 Å². The number of hydrogen-bond donors (Lipinski definition) is 1. The molecule has 122 valence electrons. The van der Waals surface area contributed by atoms with E-state index in [4.69, 9.17) is 23.2 Å². The van der Waals surface area contributed by atoms with E-state index in [1.54, 1.807) is 29.1 Å². The topological polar surface area (TPSA) is 46.9 Å².